The fraction of sp³-hybridized carbons (Fsp3) is 0.533. The Hall–Kier alpha value is -0.640. The van der Waals surface area contributed by atoms with Gasteiger partial charge in [0.25, 0.3) is 0 Å². The van der Waals surface area contributed by atoms with E-state index in [-0.39, 0.29) is 11.8 Å². The first-order valence-electron chi connectivity index (χ1n) is 6.80. The molecule has 3 nitrogen and oxygen atoms in total. The Bertz CT molecular complexity index is 478. The van der Waals surface area contributed by atoms with E-state index in [1.807, 2.05) is 45.9 Å². The van der Waals surface area contributed by atoms with E-state index in [4.69, 9.17) is 34.8 Å². The van der Waals surface area contributed by atoms with Crippen molar-refractivity contribution in [2.75, 3.05) is 5.32 Å². The molecular formula is C15H21Cl3N2O. The van der Waals surface area contributed by atoms with Crippen LogP contribution in [0.5, 0.6) is 0 Å². The number of hydrogen-bond donors (Lipinski definition) is 2. The van der Waals surface area contributed by atoms with Crippen LogP contribution in [0.25, 0.3) is 0 Å². The number of aryl methyl sites for hydroxylation is 2. The van der Waals surface area contributed by atoms with Gasteiger partial charge in [0.05, 0.1) is 0 Å². The van der Waals surface area contributed by atoms with Crippen molar-refractivity contribution in [1.82, 2.24) is 5.32 Å². The number of alkyl halides is 3. The van der Waals surface area contributed by atoms with Gasteiger partial charge in [-0.05, 0) is 30.9 Å². The molecule has 1 aromatic rings. The Labute approximate surface area is 141 Å². The Kier molecular flexibility index (Phi) is 6.64. The van der Waals surface area contributed by atoms with Crippen molar-refractivity contribution >= 4 is 46.4 Å². The van der Waals surface area contributed by atoms with Crippen LogP contribution >= 0.6 is 34.8 Å². The molecule has 0 aliphatic heterocycles. The molecule has 0 radical (unpaired) electrons. The molecule has 118 valence electrons. The topological polar surface area (TPSA) is 41.1 Å². The van der Waals surface area contributed by atoms with Gasteiger partial charge in [-0.25, -0.2) is 0 Å². The molecule has 0 unspecified atom stereocenters. The molecule has 1 atom stereocenters. The molecule has 0 fully saturated rings. The van der Waals surface area contributed by atoms with Crippen molar-refractivity contribution < 1.29 is 4.79 Å². The van der Waals surface area contributed by atoms with Gasteiger partial charge in [-0.2, -0.15) is 0 Å². The van der Waals surface area contributed by atoms with Crippen LogP contribution in [0, 0.1) is 19.8 Å². The van der Waals surface area contributed by atoms with E-state index >= 15 is 0 Å². The Morgan fingerprint density at radius 1 is 1.19 bits per heavy atom. The molecule has 6 heteroatoms. The van der Waals surface area contributed by atoms with Gasteiger partial charge in [0.2, 0.25) is 9.70 Å². The first kappa shape index (κ1) is 18.4. The SMILES string of the molecule is Cc1cccc(C)c1N[C@@H](NC(=O)CC(C)C)C(Cl)(Cl)Cl. The Balaban J connectivity index is 2.92. The van der Waals surface area contributed by atoms with Gasteiger partial charge < -0.3 is 10.6 Å². The van der Waals surface area contributed by atoms with E-state index in [1.165, 1.54) is 0 Å². The van der Waals surface area contributed by atoms with E-state index in [9.17, 15) is 4.79 Å². The van der Waals surface area contributed by atoms with E-state index < -0.39 is 9.96 Å². The van der Waals surface area contributed by atoms with Gasteiger partial charge in [0.1, 0.15) is 6.17 Å². The third-order valence-corrected chi connectivity index (χ3v) is 3.65. The summed E-state index contributed by atoms with van der Waals surface area (Å²) in [5.74, 6) is 0.0845. The smallest absolute Gasteiger partial charge is 0.228 e. The standard InChI is InChI=1S/C15H21Cl3N2O/c1-9(2)8-12(21)19-14(15(16,17)18)20-13-10(3)6-5-7-11(13)4/h5-7,9,14,20H,8H2,1-4H3,(H,19,21)/t14-/m1/s1. The zero-order valence-electron chi connectivity index (χ0n) is 12.6. The number of hydrogen-bond acceptors (Lipinski definition) is 2. The minimum atomic E-state index is -1.65. The molecule has 0 spiro atoms. The molecule has 0 heterocycles. The fourth-order valence-electron chi connectivity index (χ4n) is 1.98. The molecule has 1 rings (SSSR count). The average Bonchev–Trinajstić information content (AvgIpc) is 2.30. The highest BCUT2D eigenvalue weighted by atomic mass is 35.6. The summed E-state index contributed by atoms with van der Waals surface area (Å²) < 4.78 is -1.65. The van der Waals surface area contributed by atoms with Crippen molar-refractivity contribution in [2.45, 2.75) is 44.1 Å². The molecule has 1 aromatic carbocycles. The van der Waals surface area contributed by atoms with E-state index in [0.29, 0.717) is 6.42 Å². The van der Waals surface area contributed by atoms with Crippen molar-refractivity contribution in [2.24, 2.45) is 5.92 Å². The second kappa shape index (κ2) is 7.57. The third kappa shape index (κ3) is 5.93. The molecule has 0 aliphatic rings. The van der Waals surface area contributed by atoms with E-state index in [2.05, 4.69) is 10.6 Å². The lowest BCUT2D eigenvalue weighted by Gasteiger charge is -2.29. The molecule has 0 aromatic heterocycles. The number of benzene rings is 1. The van der Waals surface area contributed by atoms with Gasteiger partial charge in [0.15, 0.2) is 0 Å². The number of halogens is 3. The quantitative estimate of drug-likeness (QED) is 0.602. The van der Waals surface area contributed by atoms with Gasteiger partial charge in [0, 0.05) is 12.1 Å². The second-order valence-corrected chi connectivity index (χ2v) is 7.92. The molecule has 0 saturated heterocycles. The molecule has 0 aliphatic carbocycles. The summed E-state index contributed by atoms with van der Waals surface area (Å²) >= 11 is 18.0. The first-order chi connectivity index (χ1) is 9.61. The summed E-state index contributed by atoms with van der Waals surface area (Å²) in [6.07, 6.45) is -0.417. The number of carbonyl (C=O) groups excluding carboxylic acids is 1. The number of nitrogens with one attached hydrogen (secondary N) is 2. The maximum Gasteiger partial charge on any atom is 0.228 e. The average molecular weight is 352 g/mol. The number of anilines is 1. The maximum atomic E-state index is 11.9. The van der Waals surface area contributed by atoms with Crippen molar-refractivity contribution in [3.8, 4) is 0 Å². The lowest BCUT2D eigenvalue weighted by atomic mass is 10.1. The highest BCUT2D eigenvalue weighted by Gasteiger charge is 2.34. The van der Waals surface area contributed by atoms with E-state index in [0.717, 1.165) is 16.8 Å². The number of rotatable bonds is 5. The van der Waals surface area contributed by atoms with Crippen LogP contribution in [0.15, 0.2) is 18.2 Å². The highest BCUT2D eigenvalue weighted by molar-refractivity contribution is 6.68. The zero-order chi connectivity index (χ0) is 16.2. The van der Waals surface area contributed by atoms with Crippen molar-refractivity contribution in [3.05, 3.63) is 29.3 Å². The molecule has 2 N–H and O–H groups in total. The third-order valence-electron chi connectivity index (χ3n) is 3.00. The summed E-state index contributed by atoms with van der Waals surface area (Å²) in [5.41, 5.74) is 2.90. The molecular weight excluding hydrogens is 331 g/mol. The summed E-state index contributed by atoms with van der Waals surface area (Å²) in [6.45, 7) is 7.84. The largest absolute Gasteiger partial charge is 0.361 e. The lowest BCUT2D eigenvalue weighted by Crippen LogP contribution is -2.49. The van der Waals surface area contributed by atoms with Gasteiger partial charge in [-0.1, -0.05) is 66.8 Å². The van der Waals surface area contributed by atoms with Crippen LogP contribution in [-0.4, -0.2) is 15.9 Å². The lowest BCUT2D eigenvalue weighted by molar-refractivity contribution is -0.122. The summed E-state index contributed by atoms with van der Waals surface area (Å²) in [5, 5.41) is 5.88. The minimum Gasteiger partial charge on any atom is -0.361 e. The van der Waals surface area contributed by atoms with Gasteiger partial charge in [-0.3, -0.25) is 4.79 Å². The van der Waals surface area contributed by atoms with Crippen molar-refractivity contribution in [3.63, 3.8) is 0 Å². The molecule has 21 heavy (non-hydrogen) atoms. The Morgan fingerprint density at radius 2 is 1.71 bits per heavy atom. The predicted molar refractivity (Wildman–Crippen MR) is 91.2 cm³/mol. The summed E-state index contributed by atoms with van der Waals surface area (Å²) in [7, 11) is 0. The molecule has 1 amide bonds. The molecule has 0 bridgehead atoms. The highest BCUT2D eigenvalue weighted by Crippen LogP contribution is 2.32. The summed E-state index contributed by atoms with van der Waals surface area (Å²) in [4.78, 5) is 11.9. The van der Waals surface area contributed by atoms with Crippen LogP contribution in [-0.2, 0) is 4.79 Å². The number of para-hydroxylation sites is 1. The minimum absolute atomic E-state index is 0.153. The predicted octanol–water partition coefficient (Wildman–Crippen LogP) is 4.57. The Morgan fingerprint density at radius 3 is 2.14 bits per heavy atom. The number of carbonyl (C=O) groups is 1. The summed E-state index contributed by atoms with van der Waals surface area (Å²) in [6, 6.07) is 5.87. The maximum absolute atomic E-state index is 11.9. The zero-order valence-corrected chi connectivity index (χ0v) is 14.9. The van der Waals surface area contributed by atoms with Gasteiger partial charge in [-0.15, -0.1) is 0 Å². The normalized spacial score (nSPS) is 13.1. The van der Waals surface area contributed by atoms with Crippen LogP contribution < -0.4 is 10.6 Å². The van der Waals surface area contributed by atoms with Crippen LogP contribution in [0.1, 0.15) is 31.4 Å². The number of amides is 1. The van der Waals surface area contributed by atoms with Crippen molar-refractivity contribution in [1.29, 1.82) is 0 Å². The monoisotopic (exact) mass is 350 g/mol. The second-order valence-electron chi connectivity index (χ2n) is 5.55. The van der Waals surface area contributed by atoms with E-state index in [1.54, 1.807) is 0 Å². The fourth-order valence-corrected chi connectivity index (χ4v) is 2.30. The van der Waals surface area contributed by atoms with Crippen LogP contribution in [0.2, 0.25) is 0 Å². The van der Waals surface area contributed by atoms with Crippen LogP contribution in [0.4, 0.5) is 5.69 Å². The first-order valence-corrected chi connectivity index (χ1v) is 7.93. The van der Waals surface area contributed by atoms with Gasteiger partial charge >= 0.3 is 0 Å². The van der Waals surface area contributed by atoms with Crippen LogP contribution in [0.3, 0.4) is 0 Å². The molecule has 0 saturated carbocycles.